The number of phenols is 1. The van der Waals surface area contributed by atoms with Crippen LogP contribution in [0.3, 0.4) is 0 Å². The normalized spacial score (nSPS) is 9.55. The van der Waals surface area contributed by atoms with Crippen molar-refractivity contribution in [2.45, 2.75) is 0 Å². The molecular weight excluding hydrogens is 158 g/mol. The van der Waals surface area contributed by atoms with E-state index in [4.69, 9.17) is 5.11 Å². The lowest BCUT2D eigenvalue weighted by Gasteiger charge is -2.03. The monoisotopic (exact) mass is 169 g/mol. The van der Waals surface area contributed by atoms with E-state index in [9.17, 15) is 0 Å². The van der Waals surface area contributed by atoms with Gasteiger partial charge in [0, 0.05) is 24.1 Å². The van der Waals surface area contributed by atoms with Crippen LogP contribution in [0.4, 0.5) is 5.69 Å². The first-order valence-electron chi connectivity index (χ1n) is 3.46. The standard InChI is InChI=1S/C8H11NOS/c10-8-3-1-2-7(6-8)9-4-5-11/h1-3,6,9-11H,4-5H2. The third-order valence-electron chi connectivity index (χ3n) is 1.29. The van der Waals surface area contributed by atoms with E-state index in [2.05, 4.69) is 17.9 Å². The highest BCUT2D eigenvalue weighted by molar-refractivity contribution is 7.80. The van der Waals surface area contributed by atoms with Gasteiger partial charge in [-0.3, -0.25) is 0 Å². The first-order chi connectivity index (χ1) is 5.33. The molecule has 2 N–H and O–H groups in total. The zero-order valence-electron chi connectivity index (χ0n) is 6.12. The molecule has 0 saturated heterocycles. The molecule has 0 fully saturated rings. The molecule has 0 radical (unpaired) electrons. The third-order valence-corrected chi connectivity index (χ3v) is 1.51. The van der Waals surface area contributed by atoms with Crippen molar-refractivity contribution in [3.8, 4) is 5.75 Å². The fourth-order valence-corrected chi connectivity index (χ4v) is 0.928. The summed E-state index contributed by atoms with van der Waals surface area (Å²) in [6.45, 7) is 0.812. The van der Waals surface area contributed by atoms with Crippen molar-refractivity contribution in [2.75, 3.05) is 17.6 Å². The fourth-order valence-electron chi connectivity index (χ4n) is 0.816. The number of phenolic OH excluding ortho intramolecular Hbond substituents is 1. The molecule has 0 saturated carbocycles. The summed E-state index contributed by atoms with van der Waals surface area (Å²) in [5.74, 6) is 1.07. The highest BCUT2D eigenvalue weighted by atomic mass is 32.1. The number of thiol groups is 1. The molecule has 0 heterocycles. The maximum Gasteiger partial charge on any atom is 0.117 e. The first kappa shape index (κ1) is 8.27. The summed E-state index contributed by atoms with van der Waals surface area (Å²) < 4.78 is 0. The van der Waals surface area contributed by atoms with Crippen molar-refractivity contribution >= 4 is 18.3 Å². The minimum atomic E-state index is 0.286. The number of nitrogens with one attached hydrogen (secondary N) is 1. The van der Waals surface area contributed by atoms with Crippen LogP contribution in [0.15, 0.2) is 24.3 Å². The summed E-state index contributed by atoms with van der Waals surface area (Å²) in [6.07, 6.45) is 0. The number of aromatic hydroxyl groups is 1. The third kappa shape index (κ3) is 2.72. The molecule has 1 aromatic rings. The Balaban J connectivity index is 2.56. The Morgan fingerprint density at radius 2 is 2.27 bits per heavy atom. The van der Waals surface area contributed by atoms with Gasteiger partial charge in [-0.25, -0.2) is 0 Å². The van der Waals surface area contributed by atoms with Gasteiger partial charge in [0.25, 0.3) is 0 Å². The summed E-state index contributed by atoms with van der Waals surface area (Å²) in [6, 6.07) is 7.04. The second kappa shape index (κ2) is 4.13. The van der Waals surface area contributed by atoms with Gasteiger partial charge in [-0.1, -0.05) is 6.07 Å². The number of anilines is 1. The molecule has 0 aromatic heterocycles. The molecule has 60 valence electrons. The van der Waals surface area contributed by atoms with Crippen LogP contribution in [0, 0.1) is 0 Å². The van der Waals surface area contributed by atoms with E-state index in [0.29, 0.717) is 0 Å². The van der Waals surface area contributed by atoms with E-state index in [1.54, 1.807) is 18.2 Å². The summed E-state index contributed by atoms with van der Waals surface area (Å²) >= 11 is 4.05. The number of hydrogen-bond donors (Lipinski definition) is 3. The van der Waals surface area contributed by atoms with Gasteiger partial charge in [-0.05, 0) is 12.1 Å². The van der Waals surface area contributed by atoms with Crippen LogP contribution in [0.2, 0.25) is 0 Å². The van der Waals surface area contributed by atoms with Crippen LogP contribution < -0.4 is 5.32 Å². The summed E-state index contributed by atoms with van der Waals surface area (Å²) in [5.41, 5.74) is 0.930. The highest BCUT2D eigenvalue weighted by Crippen LogP contribution is 2.14. The van der Waals surface area contributed by atoms with Gasteiger partial charge in [0.15, 0.2) is 0 Å². The molecule has 11 heavy (non-hydrogen) atoms. The second-order valence-corrected chi connectivity index (χ2v) is 2.65. The smallest absolute Gasteiger partial charge is 0.117 e. The van der Waals surface area contributed by atoms with E-state index in [0.717, 1.165) is 18.0 Å². The van der Waals surface area contributed by atoms with Crippen LogP contribution in [0.25, 0.3) is 0 Å². The van der Waals surface area contributed by atoms with Crippen molar-refractivity contribution in [1.82, 2.24) is 0 Å². The van der Waals surface area contributed by atoms with Crippen molar-refractivity contribution in [3.63, 3.8) is 0 Å². The molecule has 0 atom stereocenters. The molecule has 1 aromatic carbocycles. The molecule has 0 amide bonds. The zero-order valence-corrected chi connectivity index (χ0v) is 7.01. The number of hydrogen-bond acceptors (Lipinski definition) is 3. The predicted molar refractivity (Wildman–Crippen MR) is 50.4 cm³/mol. The van der Waals surface area contributed by atoms with Gasteiger partial charge in [-0.15, -0.1) is 0 Å². The van der Waals surface area contributed by atoms with Crippen molar-refractivity contribution in [1.29, 1.82) is 0 Å². The molecule has 0 aliphatic rings. The van der Waals surface area contributed by atoms with Crippen LogP contribution >= 0.6 is 12.6 Å². The average Bonchev–Trinajstić information content (AvgIpc) is 2.01. The predicted octanol–water partition coefficient (Wildman–Crippen LogP) is 1.73. The molecule has 0 aliphatic heterocycles. The number of benzene rings is 1. The highest BCUT2D eigenvalue weighted by Gasteiger charge is 1.90. The van der Waals surface area contributed by atoms with Crippen molar-refractivity contribution in [3.05, 3.63) is 24.3 Å². The molecule has 0 unspecified atom stereocenters. The van der Waals surface area contributed by atoms with Gasteiger partial charge in [0.1, 0.15) is 5.75 Å². The Labute approximate surface area is 71.7 Å². The lowest BCUT2D eigenvalue weighted by molar-refractivity contribution is 0.475. The molecule has 1 rings (SSSR count). The van der Waals surface area contributed by atoms with Crippen LogP contribution in [0.5, 0.6) is 5.75 Å². The van der Waals surface area contributed by atoms with Crippen LogP contribution in [0.1, 0.15) is 0 Å². The summed E-state index contributed by atoms with van der Waals surface area (Å²) in [4.78, 5) is 0. The van der Waals surface area contributed by atoms with E-state index >= 15 is 0 Å². The van der Waals surface area contributed by atoms with E-state index in [1.807, 2.05) is 6.07 Å². The Bertz CT molecular complexity index is 227. The maximum atomic E-state index is 9.05. The molecule has 0 spiro atoms. The zero-order chi connectivity index (χ0) is 8.10. The molecule has 3 heteroatoms. The Kier molecular flexibility index (Phi) is 3.11. The fraction of sp³-hybridized carbons (Fsp3) is 0.250. The number of rotatable bonds is 3. The van der Waals surface area contributed by atoms with E-state index < -0.39 is 0 Å². The Hall–Kier alpha value is -0.830. The molecular formula is C8H11NOS. The average molecular weight is 169 g/mol. The largest absolute Gasteiger partial charge is 0.508 e. The van der Waals surface area contributed by atoms with E-state index in [-0.39, 0.29) is 5.75 Å². The summed E-state index contributed by atoms with van der Waals surface area (Å²) in [5, 5.41) is 12.2. The second-order valence-electron chi connectivity index (χ2n) is 2.20. The SMILES string of the molecule is Oc1cccc(NCCS)c1. The Morgan fingerprint density at radius 1 is 1.45 bits per heavy atom. The van der Waals surface area contributed by atoms with Gasteiger partial charge < -0.3 is 10.4 Å². The topological polar surface area (TPSA) is 32.3 Å². The minimum absolute atomic E-state index is 0.286. The van der Waals surface area contributed by atoms with Crippen LogP contribution in [-0.4, -0.2) is 17.4 Å². The molecule has 0 aliphatic carbocycles. The van der Waals surface area contributed by atoms with Gasteiger partial charge in [-0.2, -0.15) is 12.6 Å². The molecule has 2 nitrogen and oxygen atoms in total. The minimum Gasteiger partial charge on any atom is -0.508 e. The van der Waals surface area contributed by atoms with Gasteiger partial charge in [0.2, 0.25) is 0 Å². The van der Waals surface area contributed by atoms with E-state index in [1.165, 1.54) is 0 Å². The van der Waals surface area contributed by atoms with Crippen molar-refractivity contribution in [2.24, 2.45) is 0 Å². The maximum absolute atomic E-state index is 9.05. The lowest BCUT2D eigenvalue weighted by atomic mass is 10.3. The van der Waals surface area contributed by atoms with Crippen LogP contribution in [-0.2, 0) is 0 Å². The quantitative estimate of drug-likeness (QED) is 0.602. The first-order valence-corrected chi connectivity index (χ1v) is 4.10. The molecule has 0 bridgehead atoms. The lowest BCUT2D eigenvalue weighted by Crippen LogP contribution is -2.01. The Morgan fingerprint density at radius 3 is 2.91 bits per heavy atom. The summed E-state index contributed by atoms with van der Waals surface area (Å²) in [7, 11) is 0. The van der Waals surface area contributed by atoms with Gasteiger partial charge in [0.05, 0.1) is 0 Å². The van der Waals surface area contributed by atoms with Crippen molar-refractivity contribution < 1.29 is 5.11 Å². The van der Waals surface area contributed by atoms with Gasteiger partial charge >= 0.3 is 0 Å².